The lowest BCUT2D eigenvalue weighted by Gasteiger charge is -2.37. The highest BCUT2D eigenvalue weighted by molar-refractivity contribution is 7.10. The molecule has 0 saturated heterocycles. The van der Waals surface area contributed by atoms with Gasteiger partial charge in [-0.25, -0.2) is 4.52 Å². The molecule has 1 unspecified atom stereocenters. The van der Waals surface area contributed by atoms with Crippen LogP contribution in [-0.4, -0.2) is 31.3 Å². The Bertz CT molecular complexity index is 830. The molecule has 0 spiro atoms. The fraction of sp³-hybridized carbons (Fsp3) is 0.375. The summed E-state index contributed by atoms with van der Waals surface area (Å²) in [7, 11) is 1.90. The van der Waals surface area contributed by atoms with Gasteiger partial charge < -0.3 is 15.0 Å². The van der Waals surface area contributed by atoms with Crippen LogP contribution in [0.2, 0.25) is 0 Å². The minimum atomic E-state index is -0.241. The van der Waals surface area contributed by atoms with Crippen molar-refractivity contribution in [3.63, 3.8) is 0 Å². The van der Waals surface area contributed by atoms with Gasteiger partial charge in [0.15, 0.2) is 0 Å². The molecule has 0 aromatic carbocycles. The van der Waals surface area contributed by atoms with Gasteiger partial charge in [0.1, 0.15) is 11.2 Å². The Hall–Kier alpha value is -2.12. The van der Waals surface area contributed by atoms with E-state index in [-0.39, 0.29) is 24.0 Å². The van der Waals surface area contributed by atoms with Crippen molar-refractivity contribution >= 4 is 22.9 Å². The molecule has 3 aromatic heterocycles. The molecule has 1 fully saturated rings. The van der Waals surface area contributed by atoms with Crippen LogP contribution in [0, 0.1) is 5.92 Å². The second kappa shape index (κ2) is 5.50. The fourth-order valence-corrected chi connectivity index (χ4v) is 4.09. The largest absolute Gasteiger partial charge is 0.393 e. The first-order valence-electron chi connectivity index (χ1n) is 7.64. The van der Waals surface area contributed by atoms with Crippen LogP contribution in [0.15, 0.2) is 36.1 Å². The fourth-order valence-electron chi connectivity index (χ4n) is 3.22. The molecule has 1 aliphatic carbocycles. The number of aliphatic hydroxyl groups excluding tert-OH is 1. The number of aryl methyl sites for hydroxylation is 1. The summed E-state index contributed by atoms with van der Waals surface area (Å²) in [6.45, 7) is 0. The van der Waals surface area contributed by atoms with Crippen LogP contribution in [0.5, 0.6) is 0 Å². The van der Waals surface area contributed by atoms with Crippen LogP contribution in [0.1, 0.15) is 34.1 Å². The second-order valence-corrected chi connectivity index (χ2v) is 7.07. The Kier molecular flexibility index (Phi) is 3.46. The predicted octanol–water partition coefficient (Wildman–Crippen LogP) is 1.98. The van der Waals surface area contributed by atoms with Crippen LogP contribution >= 0.6 is 11.3 Å². The monoisotopic (exact) mass is 330 g/mol. The predicted molar refractivity (Wildman–Crippen MR) is 87.4 cm³/mol. The van der Waals surface area contributed by atoms with E-state index < -0.39 is 0 Å². The lowest BCUT2D eigenvalue weighted by Crippen LogP contribution is -2.41. The molecule has 0 aliphatic heterocycles. The van der Waals surface area contributed by atoms with Gasteiger partial charge in [-0.05, 0) is 30.2 Å². The van der Waals surface area contributed by atoms with Crippen molar-refractivity contribution in [1.29, 1.82) is 0 Å². The molecule has 1 saturated carbocycles. The number of nitrogens with zero attached hydrogens (tertiary/aromatic N) is 3. The molecule has 1 atom stereocenters. The van der Waals surface area contributed by atoms with Gasteiger partial charge >= 0.3 is 0 Å². The third-order valence-corrected chi connectivity index (χ3v) is 5.49. The lowest BCUT2D eigenvalue weighted by atomic mass is 9.76. The Labute approximate surface area is 137 Å². The third kappa shape index (κ3) is 2.46. The molecule has 3 heterocycles. The molecular weight excluding hydrogens is 312 g/mol. The standard InChI is InChI=1S/C16H18N4O2S/c1-19-4-5-20-16(19)12(9-17-20)15(22)18-14(10-7-11(21)8-10)13-3-2-6-23-13/h2-6,9-11,14,21H,7-8H2,1H3,(H,18,22). The first kappa shape index (κ1) is 14.5. The van der Waals surface area contributed by atoms with E-state index in [1.165, 1.54) is 0 Å². The summed E-state index contributed by atoms with van der Waals surface area (Å²) in [4.78, 5) is 13.9. The number of carbonyl (C=O) groups is 1. The van der Waals surface area contributed by atoms with Crippen molar-refractivity contribution in [2.75, 3.05) is 0 Å². The zero-order valence-electron chi connectivity index (χ0n) is 12.7. The molecule has 0 radical (unpaired) electrons. The molecule has 7 heteroatoms. The molecule has 1 aliphatic rings. The van der Waals surface area contributed by atoms with Crippen molar-refractivity contribution in [2.24, 2.45) is 13.0 Å². The SMILES string of the molecule is Cn1ccn2ncc(C(=O)NC(c3cccs3)C3CC(O)C3)c12. The van der Waals surface area contributed by atoms with Gasteiger partial charge in [0.2, 0.25) is 0 Å². The summed E-state index contributed by atoms with van der Waals surface area (Å²) in [6, 6.07) is 3.97. The van der Waals surface area contributed by atoms with Crippen molar-refractivity contribution in [3.8, 4) is 0 Å². The highest BCUT2D eigenvalue weighted by Crippen LogP contribution is 2.39. The van der Waals surface area contributed by atoms with Gasteiger partial charge in [0.05, 0.1) is 18.3 Å². The van der Waals surface area contributed by atoms with Crippen molar-refractivity contribution in [2.45, 2.75) is 25.0 Å². The smallest absolute Gasteiger partial charge is 0.257 e. The number of carbonyl (C=O) groups excluding carboxylic acids is 1. The molecule has 6 nitrogen and oxygen atoms in total. The number of amides is 1. The minimum absolute atomic E-state index is 0.0545. The molecule has 1 amide bonds. The van der Waals surface area contributed by atoms with Crippen molar-refractivity contribution in [1.82, 2.24) is 19.5 Å². The van der Waals surface area contributed by atoms with E-state index in [2.05, 4.69) is 10.4 Å². The van der Waals surface area contributed by atoms with Gasteiger partial charge in [-0.15, -0.1) is 11.3 Å². The summed E-state index contributed by atoms with van der Waals surface area (Å²) >= 11 is 1.64. The van der Waals surface area contributed by atoms with Crippen molar-refractivity contribution < 1.29 is 9.90 Å². The number of aromatic nitrogens is 3. The first-order valence-corrected chi connectivity index (χ1v) is 8.52. The minimum Gasteiger partial charge on any atom is -0.393 e. The maximum absolute atomic E-state index is 12.8. The van der Waals surface area contributed by atoms with Crippen LogP contribution in [0.4, 0.5) is 0 Å². The van der Waals surface area contributed by atoms with E-state index in [0.717, 1.165) is 23.4 Å². The third-order valence-electron chi connectivity index (χ3n) is 4.54. The Morgan fingerprint density at radius 1 is 1.48 bits per heavy atom. The van der Waals surface area contributed by atoms with Crippen LogP contribution in [-0.2, 0) is 7.05 Å². The first-order chi connectivity index (χ1) is 11.1. The normalized spacial score (nSPS) is 22.0. The van der Waals surface area contributed by atoms with Gasteiger partial charge in [0, 0.05) is 24.3 Å². The Balaban J connectivity index is 1.61. The average Bonchev–Trinajstić information content (AvgIpc) is 3.21. The summed E-state index contributed by atoms with van der Waals surface area (Å²) < 4.78 is 3.58. The number of hydrogen-bond acceptors (Lipinski definition) is 4. The topological polar surface area (TPSA) is 71.6 Å². The van der Waals surface area contributed by atoms with Gasteiger partial charge in [-0.2, -0.15) is 5.10 Å². The molecule has 120 valence electrons. The van der Waals surface area contributed by atoms with Crippen LogP contribution in [0.25, 0.3) is 5.65 Å². The number of hydrogen-bond donors (Lipinski definition) is 2. The van der Waals surface area contributed by atoms with E-state index in [9.17, 15) is 9.90 Å². The van der Waals surface area contributed by atoms with Crippen molar-refractivity contribution in [3.05, 3.63) is 46.5 Å². The lowest BCUT2D eigenvalue weighted by molar-refractivity contribution is 0.0241. The van der Waals surface area contributed by atoms with E-state index >= 15 is 0 Å². The maximum atomic E-state index is 12.8. The molecule has 23 heavy (non-hydrogen) atoms. The summed E-state index contributed by atoms with van der Waals surface area (Å²) in [6.07, 6.45) is 6.53. The van der Waals surface area contributed by atoms with Gasteiger partial charge in [-0.3, -0.25) is 4.79 Å². The quantitative estimate of drug-likeness (QED) is 0.768. The number of aliphatic hydroxyl groups is 1. The highest BCUT2D eigenvalue weighted by Gasteiger charge is 2.36. The molecular formula is C16H18N4O2S. The van der Waals surface area contributed by atoms with Gasteiger partial charge in [0.25, 0.3) is 5.91 Å². The Morgan fingerprint density at radius 2 is 2.30 bits per heavy atom. The van der Waals surface area contributed by atoms with E-state index in [0.29, 0.717) is 5.56 Å². The molecule has 3 aromatic rings. The molecule has 4 rings (SSSR count). The zero-order chi connectivity index (χ0) is 16.0. The average molecular weight is 330 g/mol. The second-order valence-electron chi connectivity index (χ2n) is 6.09. The molecule has 0 bridgehead atoms. The highest BCUT2D eigenvalue weighted by atomic mass is 32.1. The Morgan fingerprint density at radius 3 is 3.00 bits per heavy atom. The number of imidazole rings is 1. The van der Waals surface area contributed by atoms with Crippen LogP contribution < -0.4 is 5.32 Å². The zero-order valence-corrected chi connectivity index (χ0v) is 13.5. The summed E-state index contributed by atoms with van der Waals surface area (Å²) in [5, 5.41) is 19.0. The van der Waals surface area contributed by atoms with E-state index in [1.807, 2.05) is 41.5 Å². The number of thiophene rings is 1. The number of rotatable bonds is 4. The molecule has 2 N–H and O–H groups in total. The number of fused-ring (bicyclic) bond motifs is 1. The summed E-state index contributed by atoms with van der Waals surface area (Å²) in [5.41, 5.74) is 1.35. The van der Waals surface area contributed by atoms with Crippen LogP contribution in [0.3, 0.4) is 0 Å². The summed E-state index contributed by atoms with van der Waals surface area (Å²) in [5.74, 6) is 0.161. The van der Waals surface area contributed by atoms with Gasteiger partial charge in [-0.1, -0.05) is 6.07 Å². The maximum Gasteiger partial charge on any atom is 0.257 e. The number of nitrogens with one attached hydrogen (secondary N) is 1. The van der Waals surface area contributed by atoms with E-state index in [1.54, 1.807) is 22.0 Å². The van der Waals surface area contributed by atoms with E-state index in [4.69, 9.17) is 0 Å².